The van der Waals surface area contributed by atoms with E-state index < -0.39 is 6.03 Å². The zero-order valence-electron chi connectivity index (χ0n) is 13.8. The number of anilines is 2. The molecule has 11 heteroatoms. The van der Waals surface area contributed by atoms with Gasteiger partial charge in [0.1, 0.15) is 12.4 Å². The third-order valence-electron chi connectivity index (χ3n) is 3.85. The summed E-state index contributed by atoms with van der Waals surface area (Å²) in [4.78, 5) is 23.6. The van der Waals surface area contributed by atoms with Crippen LogP contribution in [0.5, 0.6) is 5.75 Å². The molecule has 0 fully saturated rings. The molecule has 0 spiro atoms. The number of nitrogens with zero attached hydrogens (tertiary/aromatic N) is 2. The molecule has 0 atom stereocenters. The van der Waals surface area contributed by atoms with Gasteiger partial charge >= 0.3 is 12.0 Å². The molecule has 0 saturated carbocycles. The lowest BCUT2D eigenvalue weighted by Crippen LogP contribution is -2.19. The van der Waals surface area contributed by atoms with Gasteiger partial charge in [-0.2, -0.15) is 0 Å². The fourth-order valence-electron chi connectivity index (χ4n) is 2.58. The van der Waals surface area contributed by atoms with Gasteiger partial charge in [0.15, 0.2) is 5.01 Å². The first-order valence-electron chi connectivity index (χ1n) is 7.80. The quantitative estimate of drug-likeness (QED) is 0.519. The molecule has 2 heterocycles. The van der Waals surface area contributed by atoms with Crippen LogP contribution in [0.15, 0.2) is 30.3 Å². The number of phenolic OH excluding ortho intramolecular Hbond substituents is 1. The number of fused-ring (bicyclic) bond motifs is 1. The van der Waals surface area contributed by atoms with Crippen LogP contribution in [0.4, 0.5) is 15.6 Å². The number of esters is 1. The maximum absolute atomic E-state index is 12.2. The van der Waals surface area contributed by atoms with Crippen LogP contribution in [0.1, 0.15) is 15.9 Å². The number of halogens is 2. The summed E-state index contributed by atoms with van der Waals surface area (Å²) in [6.45, 7) is 0.177. The molecule has 8 nitrogen and oxygen atoms in total. The van der Waals surface area contributed by atoms with Gasteiger partial charge in [0, 0.05) is 16.3 Å². The first kappa shape index (κ1) is 18.5. The van der Waals surface area contributed by atoms with E-state index in [1.807, 2.05) is 0 Å². The first-order valence-corrected chi connectivity index (χ1v) is 9.38. The number of nitrogens with one attached hydrogen (secondary N) is 2. The molecule has 0 aliphatic carbocycles. The van der Waals surface area contributed by atoms with E-state index in [0.717, 1.165) is 11.3 Å². The van der Waals surface area contributed by atoms with Crippen LogP contribution in [-0.4, -0.2) is 27.3 Å². The van der Waals surface area contributed by atoms with Crippen molar-refractivity contribution in [3.63, 3.8) is 0 Å². The summed E-state index contributed by atoms with van der Waals surface area (Å²) in [6.07, 6.45) is 0. The number of amides is 2. The van der Waals surface area contributed by atoms with Gasteiger partial charge in [-0.15, -0.1) is 10.2 Å². The molecule has 2 aromatic carbocycles. The third kappa shape index (κ3) is 3.59. The van der Waals surface area contributed by atoms with Gasteiger partial charge in [-0.25, -0.2) is 9.59 Å². The Morgan fingerprint density at radius 2 is 1.96 bits per heavy atom. The summed E-state index contributed by atoms with van der Waals surface area (Å²) in [6, 6.07) is 7.22. The van der Waals surface area contributed by atoms with Gasteiger partial charge in [0.2, 0.25) is 5.13 Å². The highest BCUT2D eigenvalue weighted by molar-refractivity contribution is 7.18. The van der Waals surface area contributed by atoms with Gasteiger partial charge in [-0.1, -0.05) is 34.5 Å². The summed E-state index contributed by atoms with van der Waals surface area (Å²) in [5, 5.41) is 24.1. The van der Waals surface area contributed by atoms with Crippen LogP contribution in [0.3, 0.4) is 0 Å². The Bertz CT molecular complexity index is 1120. The second kappa shape index (κ2) is 7.27. The first-order chi connectivity index (χ1) is 13.4. The number of hydrogen-bond acceptors (Lipinski definition) is 7. The lowest BCUT2D eigenvalue weighted by molar-refractivity contribution is 0.0535. The molecule has 3 aromatic rings. The summed E-state index contributed by atoms with van der Waals surface area (Å²) in [5.41, 5.74) is 2.00. The van der Waals surface area contributed by atoms with E-state index in [1.54, 1.807) is 18.2 Å². The monoisotopic (exact) mass is 436 g/mol. The molecule has 0 bridgehead atoms. The lowest BCUT2D eigenvalue weighted by atomic mass is 10.1. The van der Waals surface area contributed by atoms with Gasteiger partial charge in [-0.05, 0) is 30.3 Å². The average Bonchev–Trinajstić information content (AvgIpc) is 3.25. The van der Waals surface area contributed by atoms with E-state index in [2.05, 4.69) is 20.8 Å². The number of hydrogen-bond donors (Lipinski definition) is 3. The standard InChI is InChI=1S/C17H10Cl2N4O4S/c18-8-4-11(13(24)12(19)5-8)14-22-23-17(28-14)21-16(26)20-9-1-2-10-7(3-9)6-27-15(10)25/h1-5,24H,6H2,(H2,20,21,23,26). The number of ether oxygens (including phenoxy) is 1. The van der Waals surface area contributed by atoms with Gasteiger partial charge < -0.3 is 15.2 Å². The summed E-state index contributed by atoms with van der Waals surface area (Å²) < 4.78 is 4.93. The zero-order valence-corrected chi connectivity index (χ0v) is 16.2. The molecular weight excluding hydrogens is 427 g/mol. The maximum atomic E-state index is 12.2. The minimum atomic E-state index is -0.541. The normalized spacial score (nSPS) is 12.4. The van der Waals surface area contributed by atoms with Crippen LogP contribution in [0, 0.1) is 0 Å². The number of aromatic nitrogens is 2. The molecule has 3 N–H and O–H groups in total. The third-order valence-corrected chi connectivity index (χ3v) is 5.22. The number of phenols is 1. The van der Waals surface area contributed by atoms with Crippen LogP contribution in [0.2, 0.25) is 10.0 Å². The van der Waals surface area contributed by atoms with E-state index in [1.165, 1.54) is 12.1 Å². The Morgan fingerprint density at radius 3 is 2.79 bits per heavy atom. The van der Waals surface area contributed by atoms with Gasteiger partial charge in [-0.3, -0.25) is 5.32 Å². The molecule has 1 aliphatic rings. The SMILES string of the molecule is O=C(Nc1ccc2c(c1)COC2=O)Nc1nnc(-c2cc(Cl)cc(Cl)c2O)s1. The smallest absolute Gasteiger partial charge is 0.338 e. The number of urea groups is 1. The van der Waals surface area contributed by atoms with E-state index in [-0.39, 0.29) is 28.5 Å². The Hall–Kier alpha value is -2.88. The Kier molecular flexibility index (Phi) is 4.80. The predicted octanol–water partition coefficient (Wildman–Crippen LogP) is 4.53. The Morgan fingerprint density at radius 1 is 1.14 bits per heavy atom. The lowest BCUT2D eigenvalue weighted by Gasteiger charge is -2.06. The van der Waals surface area contributed by atoms with Crippen molar-refractivity contribution in [1.29, 1.82) is 0 Å². The summed E-state index contributed by atoms with van der Waals surface area (Å²) in [7, 11) is 0. The minimum Gasteiger partial charge on any atom is -0.506 e. The summed E-state index contributed by atoms with van der Waals surface area (Å²) in [5.74, 6) is -0.551. The van der Waals surface area contributed by atoms with Crippen molar-refractivity contribution in [3.8, 4) is 16.3 Å². The fraction of sp³-hybridized carbons (Fsp3) is 0.0588. The largest absolute Gasteiger partial charge is 0.506 e. The number of rotatable bonds is 3. The topological polar surface area (TPSA) is 113 Å². The number of carbonyl (C=O) groups is 2. The van der Waals surface area contributed by atoms with Crippen molar-refractivity contribution in [2.75, 3.05) is 10.6 Å². The van der Waals surface area contributed by atoms with Crippen LogP contribution in [0.25, 0.3) is 10.6 Å². The Balaban J connectivity index is 1.47. The van der Waals surface area contributed by atoms with Crippen molar-refractivity contribution in [1.82, 2.24) is 10.2 Å². The highest BCUT2D eigenvalue weighted by Crippen LogP contribution is 2.39. The van der Waals surface area contributed by atoms with Crippen molar-refractivity contribution in [2.24, 2.45) is 0 Å². The molecule has 2 amide bonds. The highest BCUT2D eigenvalue weighted by atomic mass is 35.5. The molecule has 0 unspecified atom stereocenters. The molecular formula is C17H10Cl2N4O4S. The predicted molar refractivity (Wildman–Crippen MR) is 105 cm³/mol. The van der Waals surface area contributed by atoms with E-state index in [9.17, 15) is 14.7 Å². The van der Waals surface area contributed by atoms with Gasteiger partial charge in [0.05, 0.1) is 16.1 Å². The highest BCUT2D eigenvalue weighted by Gasteiger charge is 2.21. The summed E-state index contributed by atoms with van der Waals surface area (Å²) >= 11 is 12.9. The van der Waals surface area contributed by atoms with E-state index in [0.29, 0.717) is 32.4 Å². The average molecular weight is 437 g/mol. The van der Waals surface area contributed by atoms with Crippen LogP contribution in [-0.2, 0) is 11.3 Å². The van der Waals surface area contributed by atoms with Crippen molar-refractivity contribution >= 4 is 57.4 Å². The molecule has 1 aliphatic heterocycles. The van der Waals surface area contributed by atoms with Crippen LogP contribution < -0.4 is 10.6 Å². The van der Waals surface area contributed by atoms with E-state index >= 15 is 0 Å². The molecule has 0 radical (unpaired) electrons. The number of benzene rings is 2. The van der Waals surface area contributed by atoms with Gasteiger partial charge in [0.25, 0.3) is 0 Å². The molecule has 0 saturated heterocycles. The minimum absolute atomic E-state index is 0.0871. The number of cyclic esters (lactones) is 1. The molecule has 4 rings (SSSR count). The second-order valence-corrected chi connectivity index (χ2v) is 7.54. The van der Waals surface area contributed by atoms with Crippen molar-refractivity contribution < 1.29 is 19.4 Å². The fourth-order valence-corrected chi connectivity index (χ4v) is 3.83. The maximum Gasteiger partial charge on any atom is 0.338 e. The van der Waals surface area contributed by atoms with E-state index in [4.69, 9.17) is 27.9 Å². The molecule has 1 aromatic heterocycles. The zero-order chi connectivity index (χ0) is 19.8. The number of aromatic hydroxyl groups is 1. The van der Waals surface area contributed by atoms with Crippen molar-refractivity contribution in [3.05, 3.63) is 51.5 Å². The number of carbonyl (C=O) groups excluding carboxylic acids is 2. The van der Waals surface area contributed by atoms with Crippen LogP contribution >= 0.6 is 34.5 Å². The molecule has 28 heavy (non-hydrogen) atoms. The second-order valence-electron chi connectivity index (χ2n) is 5.72. The Labute approximate surface area is 172 Å². The van der Waals surface area contributed by atoms with Crippen molar-refractivity contribution in [2.45, 2.75) is 6.61 Å². The molecule has 142 valence electrons.